The van der Waals surface area contributed by atoms with E-state index < -0.39 is 0 Å². The minimum Gasteiger partial charge on any atom is -0.493 e. The van der Waals surface area contributed by atoms with E-state index in [0.29, 0.717) is 15.8 Å². The molecule has 3 rings (SSSR count). The highest BCUT2D eigenvalue weighted by molar-refractivity contribution is 8.27. The fourth-order valence-electron chi connectivity index (χ4n) is 2.35. The van der Waals surface area contributed by atoms with Crippen LogP contribution in [-0.2, 0) is 4.79 Å². The molecule has 122 valence electrons. The summed E-state index contributed by atoms with van der Waals surface area (Å²) in [4.78, 5) is 14.9. The van der Waals surface area contributed by atoms with Crippen molar-refractivity contribution in [1.82, 2.24) is 0 Å². The van der Waals surface area contributed by atoms with E-state index >= 15 is 0 Å². The van der Waals surface area contributed by atoms with Crippen LogP contribution in [0.2, 0.25) is 0 Å². The maximum absolute atomic E-state index is 12.8. The average molecular weight is 355 g/mol. The Balaban J connectivity index is 1.90. The first-order chi connectivity index (χ1) is 11.7. The molecule has 0 unspecified atom stereocenters. The van der Waals surface area contributed by atoms with Crippen LogP contribution in [-0.4, -0.2) is 16.8 Å². The Morgan fingerprint density at radius 3 is 2.58 bits per heavy atom. The molecule has 0 radical (unpaired) electrons. The Bertz CT molecular complexity index is 787. The number of nitrogens with zero attached hydrogens (tertiary/aromatic N) is 1. The molecule has 3 nitrogen and oxygen atoms in total. The van der Waals surface area contributed by atoms with Crippen LogP contribution < -0.4 is 9.64 Å². The number of hydrogen-bond donors (Lipinski definition) is 0. The van der Waals surface area contributed by atoms with Crippen molar-refractivity contribution in [2.75, 3.05) is 11.5 Å². The van der Waals surface area contributed by atoms with Crippen LogP contribution in [0.15, 0.2) is 59.5 Å². The van der Waals surface area contributed by atoms with E-state index in [9.17, 15) is 4.79 Å². The molecule has 0 N–H and O–H groups in total. The quantitative estimate of drug-likeness (QED) is 0.565. The van der Waals surface area contributed by atoms with Crippen LogP contribution >= 0.6 is 24.0 Å². The van der Waals surface area contributed by atoms with Crippen molar-refractivity contribution in [2.45, 2.75) is 13.3 Å². The second-order valence-corrected chi connectivity index (χ2v) is 6.91. The molecular weight excluding hydrogens is 338 g/mol. The zero-order valence-corrected chi connectivity index (χ0v) is 14.9. The van der Waals surface area contributed by atoms with Crippen molar-refractivity contribution in [3.05, 3.63) is 65.1 Å². The first-order valence-electron chi connectivity index (χ1n) is 7.75. The van der Waals surface area contributed by atoms with Crippen molar-refractivity contribution in [1.29, 1.82) is 0 Å². The molecule has 5 heteroatoms. The zero-order chi connectivity index (χ0) is 16.9. The molecule has 1 heterocycles. The lowest BCUT2D eigenvalue weighted by Gasteiger charge is -2.13. The highest BCUT2D eigenvalue weighted by Crippen LogP contribution is 2.36. The van der Waals surface area contributed by atoms with Crippen molar-refractivity contribution in [2.24, 2.45) is 0 Å². The van der Waals surface area contributed by atoms with Crippen LogP contribution in [0.25, 0.3) is 6.08 Å². The normalized spacial score (nSPS) is 16.0. The number of amides is 1. The summed E-state index contributed by atoms with van der Waals surface area (Å²) in [6, 6.07) is 17.2. The maximum Gasteiger partial charge on any atom is 0.270 e. The van der Waals surface area contributed by atoms with Gasteiger partial charge in [-0.3, -0.25) is 9.69 Å². The van der Waals surface area contributed by atoms with Gasteiger partial charge in [0.05, 0.1) is 17.2 Å². The van der Waals surface area contributed by atoms with Gasteiger partial charge in [-0.2, -0.15) is 0 Å². The number of rotatable bonds is 5. The minimum atomic E-state index is -0.0958. The van der Waals surface area contributed by atoms with Crippen LogP contribution in [0.4, 0.5) is 5.69 Å². The standard InChI is InChI=1S/C19H17NO2S2/c1-2-12-22-16-11-7-6-8-14(16)13-17-18(21)20(19(23)24-17)15-9-4-3-5-10-15/h3-11,13H,2,12H2,1H3/b17-13-. The Labute approximate surface area is 151 Å². The molecule has 2 aromatic carbocycles. The third-order valence-electron chi connectivity index (χ3n) is 3.48. The van der Waals surface area contributed by atoms with Gasteiger partial charge in [-0.15, -0.1) is 0 Å². The lowest BCUT2D eigenvalue weighted by atomic mass is 10.2. The monoisotopic (exact) mass is 355 g/mol. The number of ether oxygens (including phenoxy) is 1. The number of benzene rings is 2. The molecule has 1 aliphatic rings. The number of carbonyl (C=O) groups is 1. The molecule has 0 aliphatic carbocycles. The lowest BCUT2D eigenvalue weighted by molar-refractivity contribution is -0.113. The van der Waals surface area contributed by atoms with Crippen LogP contribution in [0.1, 0.15) is 18.9 Å². The van der Waals surface area contributed by atoms with Crippen LogP contribution in [0.5, 0.6) is 5.75 Å². The topological polar surface area (TPSA) is 29.5 Å². The van der Waals surface area contributed by atoms with Gasteiger partial charge in [0.25, 0.3) is 5.91 Å². The van der Waals surface area contributed by atoms with Crippen molar-refractivity contribution in [3.8, 4) is 5.75 Å². The Hall–Kier alpha value is -2.11. The predicted octanol–water partition coefficient (Wildman–Crippen LogP) is 4.88. The molecule has 0 spiro atoms. The van der Waals surface area contributed by atoms with E-state index in [1.54, 1.807) is 4.90 Å². The van der Waals surface area contributed by atoms with Crippen LogP contribution in [0.3, 0.4) is 0 Å². The Kier molecular flexibility index (Phi) is 5.33. The van der Waals surface area contributed by atoms with E-state index in [2.05, 4.69) is 6.92 Å². The van der Waals surface area contributed by atoms with Gasteiger partial charge < -0.3 is 4.74 Å². The van der Waals surface area contributed by atoms with Gasteiger partial charge in [0.2, 0.25) is 0 Å². The highest BCUT2D eigenvalue weighted by Gasteiger charge is 2.33. The number of hydrogen-bond acceptors (Lipinski definition) is 4. The first kappa shape index (κ1) is 16.7. The van der Waals surface area contributed by atoms with Gasteiger partial charge in [0.15, 0.2) is 4.32 Å². The summed E-state index contributed by atoms with van der Waals surface area (Å²) < 4.78 is 6.30. The summed E-state index contributed by atoms with van der Waals surface area (Å²) in [7, 11) is 0. The third kappa shape index (κ3) is 3.52. The van der Waals surface area contributed by atoms with E-state index in [1.807, 2.05) is 60.7 Å². The second-order valence-electron chi connectivity index (χ2n) is 5.24. The fraction of sp³-hybridized carbons (Fsp3) is 0.158. The molecule has 1 saturated heterocycles. The summed E-state index contributed by atoms with van der Waals surface area (Å²) in [5.41, 5.74) is 1.68. The predicted molar refractivity (Wildman–Crippen MR) is 104 cm³/mol. The summed E-state index contributed by atoms with van der Waals surface area (Å²) in [6.45, 7) is 2.71. The second kappa shape index (κ2) is 7.64. The highest BCUT2D eigenvalue weighted by atomic mass is 32.2. The molecule has 24 heavy (non-hydrogen) atoms. The molecule has 1 amide bonds. The Morgan fingerprint density at radius 2 is 1.83 bits per heavy atom. The third-order valence-corrected chi connectivity index (χ3v) is 4.78. The Morgan fingerprint density at radius 1 is 1.12 bits per heavy atom. The maximum atomic E-state index is 12.8. The van der Waals surface area contributed by atoms with Crippen molar-refractivity contribution in [3.63, 3.8) is 0 Å². The number of para-hydroxylation sites is 2. The number of thioether (sulfide) groups is 1. The molecule has 0 bridgehead atoms. The molecule has 0 saturated carbocycles. The first-order valence-corrected chi connectivity index (χ1v) is 8.98. The summed E-state index contributed by atoms with van der Waals surface area (Å²) in [5, 5.41) is 0. The summed E-state index contributed by atoms with van der Waals surface area (Å²) in [6.07, 6.45) is 2.79. The van der Waals surface area contributed by atoms with E-state index in [0.717, 1.165) is 23.4 Å². The SMILES string of the molecule is CCCOc1ccccc1/C=C1\SC(=S)N(c2ccccc2)C1=O. The van der Waals surface area contributed by atoms with Gasteiger partial charge >= 0.3 is 0 Å². The molecule has 1 aliphatic heterocycles. The molecule has 0 aromatic heterocycles. The molecule has 2 aromatic rings. The van der Waals surface area contributed by atoms with Gasteiger partial charge in [-0.25, -0.2) is 0 Å². The lowest BCUT2D eigenvalue weighted by Crippen LogP contribution is -2.27. The van der Waals surface area contributed by atoms with E-state index in [4.69, 9.17) is 17.0 Å². The van der Waals surface area contributed by atoms with Crippen LogP contribution in [0, 0.1) is 0 Å². The van der Waals surface area contributed by atoms with E-state index in [-0.39, 0.29) is 5.91 Å². The zero-order valence-electron chi connectivity index (χ0n) is 13.3. The van der Waals surface area contributed by atoms with Gasteiger partial charge in [0, 0.05) is 5.56 Å². The molecule has 0 atom stereocenters. The minimum absolute atomic E-state index is 0.0958. The van der Waals surface area contributed by atoms with Gasteiger partial charge in [-0.1, -0.05) is 67.3 Å². The van der Waals surface area contributed by atoms with Gasteiger partial charge in [0.1, 0.15) is 5.75 Å². The number of carbonyl (C=O) groups excluding carboxylic acids is 1. The summed E-state index contributed by atoms with van der Waals surface area (Å²) in [5.74, 6) is 0.686. The molecule has 1 fully saturated rings. The van der Waals surface area contributed by atoms with E-state index in [1.165, 1.54) is 11.8 Å². The number of thiocarbonyl (C=S) groups is 1. The largest absolute Gasteiger partial charge is 0.493 e. The average Bonchev–Trinajstić information content (AvgIpc) is 2.88. The van der Waals surface area contributed by atoms with Crippen molar-refractivity contribution < 1.29 is 9.53 Å². The molecular formula is C19H17NO2S2. The summed E-state index contributed by atoms with van der Waals surface area (Å²) >= 11 is 6.71. The van der Waals surface area contributed by atoms with Crippen molar-refractivity contribution >= 4 is 46.0 Å². The smallest absolute Gasteiger partial charge is 0.270 e. The van der Waals surface area contributed by atoms with Gasteiger partial charge in [-0.05, 0) is 30.7 Å². The number of anilines is 1. The fourth-order valence-corrected chi connectivity index (χ4v) is 3.64.